The highest BCUT2D eigenvalue weighted by molar-refractivity contribution is 4.97. The number of hydrogen-bond acceptors (Lipinski definition) is 18. The lowest BCUT2D eigenvalue weighted by molar-refractivity contribution is -0.237. The molecule has 0 aliphatic heterocycles. The first-order chi connectivity index (χ1) is 26.5. The van der Waals surface area contributed by atoms with E-state index in [1.807, 2.05) is 54.6 Å². The molecule has 6 unspecified atom stereocenters. The summed E-state index contributed by atoms with van der Waals surface area (Å²) in [7, 11) is 0. The van der Waals surface area contributed by atoms with Crippen LogP contribution in [0.25, 0.3) is 0 Å². The average molecular weight is 750 g/mol. The van der Waals surface area contributed by atoms with Gasteiger partial charge in [-0.2, -0.15) is 47.4 Å². The Morgan fingerprint density at radius 3 is 0.722 bits per heavy atom. The molecule has 54 heavy (non-hydrogen) atoms. The van der Waals surface area contributed by atoms with E-state index in [2.05, 4.69) is 0 Å². The quantitative estimate of drug-likeness (QED) is 0.0841. The monoisotopic (exact) mass is 749 g/mol. The fourth-order valence-electron chi connectivity index (χ4n) is 4.78. The largest absolute Gasteiger partial charge is 0.378 e. The van der Waals surface area contributed by atoms with Gasteiger partial charge in [0, 0.05) is 0 Å². The molecule has 0 amide bonds. The lowest BCUT2D eigenvalue weighted by Gasteiger charge is -2.43. The first kappa shape index (κ1) is 49.0. The highest BCUT2D eigenvalue weighted by atomic mass is 16.6. The van der Waals surface area contributed by atoms with Gasteiger partial charge in [-0.05, 0) is 0 Å². The van der Waals surface area contributed by atoms with Gasteiger partial charge in [0.15, 0.2) is 0 Å². The first-order valence-electron chi connectivity index (χ1n) is 17.3. The van der Waals surface area contributed by atoms with Crippen LogP contribution >= 0.6 is 0 Å². The molecule has 290 valence electrons. The third-order valence-electron chi connectivity index (χ3n) is 7.02. The van der Waals surface area contributed by atoms with Gasteiger partial charge in [0.25, 0.3) is 0 Å². The van der Waals surface area contributed by atoms with Crippen molar-refractivity contribution in [3.05, 3.63) is 0 Å². The molecule has 0 fully saturated rings. The van der Waals surface area contributed by atoms with E-state index in [4.69, 9.17) is 53.2 Å². The summed E-state index contributed by atoms with van der Waals surface area (Å²) in [5, 5.41) is 83.7. The van der Waals surface area contributed by atoms with Crippen molar-refractivity contribution in [1.82, 2.24) is 0 Å². The van der Waals surface area contributed by atoms with Crippen molar-refractivity contribution < 1.29 is 42.6 Å². The van der Waals surface area contributed by atoms with E-state index in [-0.39, 0.29) is 130 Å². The first-order valence-corrected chi connectivity index (χ1v) is 17.3. The Balaban J connectivity index is 7.68. The van der Waals surface area contributed by atoms with Gasteiger partial charge in [0.05, 0.1) is 185 Å². The maximum atomic E-state index is 9.46. The Bertz CT molecular complexity index is 1280. The molecule has 0 heterocycles. The minimum absolute atomic E-state index is 0.0100. The summed E-state index contributed by atoms with van der Waals surface area (Å²) < 4.78 is 55.2. The van der Waals surface area contributed by atoms with E-state index in [0.29, 0.717) is 0 Å². The van der Waals surface area contributed by atoms with Gasteiger partial charge in [-0.15, -0.1) is 0 Å². The zero-order chi connectivity index (χ0) is 39.9. The summed E-state index contributed by atoms with van der Waals surface area (Å²) in [6, 6.07) is 18.0. The zero-order valence-electron chi connectivity index (χ0n) is 30.4. The molecule has 18 nitrogen and oxygen atoms in total. The van der Waals surface area contributed by atoms with Crippen LogP contribution in [0.4, 0.5) is 0 Å². The summed E-state index contributed by atoms with van der Waals surface area (Å²) in [6.45, 7) is -1.17. The van der Waals surface area contributed by atoms with E-state index in [0.717, 1.165) is 0 Å². The Labute approximate surface area is 317 Å². The summed E-state index contributed by atoms with van der Waals surface area (Å²) >= 11 is 0. The topological polar surface area (TPSA) is 297 Å². The molecule has 0 rings (SSSR count). The molecule has 0 bridgehead atoms. The van der Waals surface area contributed by atoms with E-state index in [1.54, 1.807) is 0 Å². The molecule has 18 heteroatoms. The van der Waals surface area contributed by atoms with Gasteiger partial charge < -0.3 is 42.6 Å². The normalized spacial score (nSPS) is 14.3. The van der Waals surface area contributed by atoms with E-state index in [1.165, 1.54) is 0 Å². The molecule has 0 saturated heterocycles. The van der Waals surface area contributed by atoms with E-state index in [9.17, 15) is 36.8 Å². The van der Waals surface area contributed by atoms with E-state index >= 15 is 0 Å². The second-order valence-electron chi connectivity index (χ2n) is 10.8. The summed E-state index contributed by atoms with van der Waals surface area (Å²) in [4.78, 5) is 0. The van der Waals surface area contributed by atoms with Crippen molar-refractivity contribution in [2.45, 2.75) is 101 Å². The standard InChI is InChI=1S/C36H47N9O9/c37-10-1-19-46-28-30(48-21-3-12-39)32(50-23-5-14-41)34(52-25-7-16-43)36(54-27-9-18-45)35(53-26-8-17-44)33(51-24-6-15-42)31(49-22-4-13-40)29-47-20-2-11-38/h30-36H,1-9,19-29H2. The van der Waals surface area contributed by atoms with Crippen LogP contribution in [0.15, 0.2) is 0 Å². The van der Waals surface area contributed by atoms with Gasteiger partial charge in [0.1, 0.15) is 42.7 Å². The van der Waals surface area contributed by atoms with Gasteiger partial charge in [-0.3, -0.25) is 0 Å². The minimum atomic E-state index is -1.28. The van der Waals surface area contributed by atoms with E-state index < -0.39 is 42.7 Å². The molecule has 0 aliphatic carbocycles. The maximum Gasteiger partial charge on any atom is 0.115 e. The number of hydrogen-bond donors (Lipinski definition) is 0. The van der Waals surface area contributed by atoms with Gasteiger partial charge in [0.2, 0.25) is 0 Å². The average Bonchev–Trinajstić information content (AvgIpc) is 3.18. The van der Waals surface area contributed by atoms with Crippen molar-refractivity contribution in [3.63, 3.8) is 0 Å². The summed E-state index contributed by atoms with van der Waals surface area (Å²) in [6.07, 6.45) is -8.43. The van der Waals surface area contributed by atoms with Crippen molar-refractivity contribution in [2.75, 3.05) is 72.7 Å². The van der Waals surface area contributed by atoms with Gasteiger partial charge in [-0.25, -0.2) is 0 Å². The van der Waals surface area contributed by atoms with Crippen LogP contribution in [-0.4, -0.2) is 115 Å². The van der Waals surface area contributed by atoms with Crippen LogP contribution in [0.2, 0.25) is 0 Å². The Hall–Kier alpha value is -4.95. The SMILES string of the molecule is N#CCCOCC(OCCC#N)C(OCCC#N)C(OCCC#N)C(OCCC#N)C(OCCC#N)C(OCCC#N)C(COCCC#N)OCCC#N. The lowest BCUT2D eigenvalue weighted by atomic mass is 9.92. The van der Waals surface area contributed by atoms with Crippen LogP contribution in [0.3, 0.4) is 0 Å². The highest BCUT2D eigenvalue weighted by Gasteiger charge is 2.47. The summed E-state index contributed by atoms with van der Waals surface area (Å²) in [5.41, 5.74) is 0. The fraction of sp³-hybridized carbons (Fsp3) is 0.750. The molecule has 0 spiro atoms. The zero-order valence-corrected chi connectivity index (χ0v) is 30.4. The van der Waals surface area contributed by atoms with Crippen LogP contribution in [0.1, 0.15) is 57.8 Å². The predicted octanol–water partition coefficient (Wildman–Crippen LogP) is 2.94. The molecule has 0 aromatic heterocycles. The molecule has 0 radical (unpaired) electrons. The smallest absolute Gasteiger partial charge is 0.115 e. The Kier molecular flexibility index (Phi) is 33.1. The molecule has 0 aromatic rings. The second kappa shape index (κ2) is 36.4. The Morgan fingerprint density at radius 2 is 0.463 bits per heavy atom. The van der Waals surface area contributed by atoms with Crippen LogP contribution < -0.4 is 0 Å². The molecule has 0 aromatic carbocycles. The van der Waals surface area contributed by atoms with Crippen molar-refractivity contribution in [2.24, 2.45) is 0 Å². The highest BCUT2D eigenvalue weighted by Crippen LogP contribution is 2.28. The molecular formula is C36H47N9O9. The third-order valence-corrected chi connectivity index (χ3v) is 7.02. The number of nitriles is 9. The fourth-order valence-corrected chi connectivity index (χ4v) is 4.78. The van der Waals surface area contributed by atoms with Crippen molar-refractivity contribution >= 4 is 0 Å². The predicted molar refractivity (Wildman–Crippen MR) is 182 cm³/mol. The minimum Gasteiger partial charge on any atom is -0.378 e. The van der Waals surface area contributed by atoms with Crippen LogP contribution in [0.5, 0.6) is 0 Å². The summed E-state index contributed by atoms with van der Waals surface area (Å²) in [5.74, 6) is 0. The van der Waals surface area contributed by atoms with Crippen molar-refractivity contribution in [3.8, 4) is 54.6 Å². The van der Waals surface area contributed by atoms with Crippen LogP contribution in [-0.2, 0) is 42.6 Å². The lowest BCUT2D eigenvalue weighted by Crippen LogP contribution is -2.60. The molecule has 0 N–H and O–H groups in total. The van der Waals surface area contributed by atoms with Crippen LogP contribution in [0, 0.1) is 102 Å². The van der Waals surface area contributed by atoms with Crippen molar-refractivity contribution in [1.29, 1.82) is 47.4 Å². The molecule has 6 atom stereocenters. The maximum absolute atomic E-state index is 9.46. The molecule has 0 saturated carbocycles. The molecular weight excluding hydrogens is 702 g/mol. The van der Waals surface area contributed by atoms with Gasteiger partial charge in [-0.1, -0.05) is 0 Å². The second-order valence-corrected chi connectivity index (χ2v) is 10.8. The number of ether oxygens (including phenoxy) is 9. The third kappa shape index (κ3) is 22.9. The van der Waals surface area contributed by atoms with Gasteiger partial charge >= 0.3 is 0 Å². The number of rotatable bonds is 35. The molecule has 0 aliphatic rings. The number of nitrogens with zero attached hydrogens (tertiary/aromatic N) is 9. The Morgan fingerprint density at radius 1 is 0.259 bits per heavy atom.